The lowest BCUT2D eigenvalue weighted by molar-refractivity contribution is -0.199. The van der Waals surface area contributed by atoms with Crippen LogP contribution in [0.5, 0.6) is 11.5 Å². The molecule has 0 aliphatic rings. The fourth-order valence-corrected chi connectivity index (χ4v) is 3.46. The minimum Gasteiger partial charge on any atom is -0.493 e. The Bertz CT molecular complexity index is 950. The molecule has 0 saturated carbocycles. The molecule has 0 radical (unpaired) electrons. The predicted octanol–water partition coefficient (Wildman–Crippen LogP) is 3.73. The highest BCUT2D eigenvalue weighted by atomic mass is 79.9. The van der Waals surface area contributed by atoms with Crippen LogP contribution in [0.1, 0.15) is 23.6 Å². The van der Waals surface area contributed by atoms with Crippen LogP contribution in [0.2, 0.25) is 0 Å². The number of nitriles is 1. The van der Waals surface area contributed by atoms with Crippen molar-refractivity contribution in [3.05, 3.63) is 70.7 Å². The van der Waals surface area contributed by atoms with E-state index in [2.05, 4.69) is 41.5 Å². The van der Waals surface area contributed by atoms with Crippen LogP contribution >= 0.6 is 28.3 Å². The largest absolute Gasteiger partial charge is 0.493 e. The fraction of sp³-hybridized carbons (Fsp3) is 0.167. The highest BCUT2D eigenvalue weighted by molar-refractivity contribution is 9.10. The Balaban J connectivity index is 1.63. The lowest BCUT2D eigenvalue weighted by Crippen LogP contribution is -2.13. The predicted molar refractivity (Wildman–Crippen MR) is 108 cm³/mol. The monoisotopic (exact) mass is 477 g/mol. The van der Waals surface area contributed by atoms with Crippen molar-refractivity contribution in [1.29, 1.82) is 5.26 Å². The highest BCUT2D eigenvalue weighted by Gasteiger charge is 2.14. The van der Waals surface area contributed by atoms with Gasteiger partial charge in [-0.25, -0.2) is 0 Å². The van der Waals surface area contributed by atoms with E-state index in [4.69, 9.17) is 20.1 Å². The van der Waals surface area contributed by atoms with Crippen LogP contribution in [0.3, 0.4) is 0 Å². The first-order valence-corrected chi connectivity index (χ1v) is 9.80. The van der Waals surface area contributed by atoms with Gasteiger partial charge in [0, 0.05) is 6.42 Å². The highest BCUT2D eigenvalue weighted by Crippen LogP contribution is 2.32. The summed E-state index contributed by atoms with van der Waals surface area (Å²) in [5.74, 6) is 5.95. The van der Waals surface area contributed by atoms with E-state index >= 15 is 0 Å². The van der Waals surface area contributed by atoms with E-state index in [0.717, 1.165) is 5.56 Å². The number of nitrogens with zero attached hydrogens (tertiary/aromatic N) is 4. The molecular formula is C18H16BrN5O4S. The summed E-state index contributed by atoms with van der Waals surface area (Å²) in [6, 6.07) is 14.8. The Morgan fingerprint density at radius 2 is 1.93 bits per heavy atom. The van der Waals surface area contributed by atoms with E-state index in [9.17, 15) is 0 Å². The topological polar surface area (TPSA) is 117 Å². The first-order valence-electron chi connectivity index (χ1n) is 8.34. The van der Waals surface area contributed by atoms with Crippen molar-refractivity contribution in [3.8, 4) is 17.6 Å². The van der Waals surface area contributed by atoms with Crippen molar-refractivity contribution in [3.63, 3.8) is 0 Å². The van der Waals surface area contributed by atoms with Crippen molar-refractivity contribution in [1.82, 2.24) is 14.8 Å². The minimum absolute atomic E-state index is 0.0198. The minimum atomic E-state index is -0.0198. The van der Waals surface area contributed by atoms with Crippen LogP contribution in [0.4, 0.5) is 0 Å². The molecule has 1 aromatic heterocycles. The normalized spacial score (nSPS) is 11.6. The lowest BCUT2D eigenvalue weighted by atomic mass is 10.0. The van der Waals surface area contributed by atoms with Crippen molar-refractivity contribution in [2.45, 2.75) is 12.5 Å². The van der Waals surface area contributed by atoms with Gasteiger partial charge in [-0.2, -0.15) is 11.2 Å². The molecule has 0 amide bonds. The van der Waals surface area contributed by atoms with Gasteiger partial charge in [-0.05, 0) is 51.8 Å². The summed E-state index contributed by atoms with van der Waals surface area (Å²) < 4.78 is 18.1. The maximum atomic E-state index is 8.99. The van der Waals surface area contributed by atoms with Crippen LogP contribution in [0.25, 0.3) is 0 Å². The maximum Gasteiger partial charge on any atom is 0.260 e. The number of aromatic nitrogens is 3. The standard InChI is InChI=1S/C18H16BrN5O4S/c19-16-9-15(5-6-18(16)26-29-28-27-21)25-8-7-17(24-11-22-23-12-24)14-3-1-13(10-20)2-4-14/h1-6,9,11-12,17H,7-8,21H2. The van der Waals surface area contributed by atoms with Gasteiger partial charge >= 0.3 is 0 Å². The van der Waals surface area contributed by atoms with Gasteiger partial charge in [0.25, 0.3) is 12.3 Å². The van der Waals surface area contributed by atoms with Gasteiger partial charge in [-0.1, -0.05) is 12.1 Å². The maximum absolute atomic E-state index is 8.99. The van der Waals surface area contributed by atoms with E-state index in [1.807, 2.05) is 16.7 Å². The van der Waals surface area contributed by atoms with E-state index in [1.54, 1.807) is 43.0 Å². The van der Waals surface area contributed by atoms with Gasteiger partial charge in [0.2, 0.25) is 0 Å². The summed E-state index contributed by atoms with van der Waals surface area (Å²) in [6.45, 7) is 0.453. The first-order chi connectivity index (χ1) is 14.2. The second-order valence-corrected chi connectivity index (χ2v) is 7.00. The zero-order valence-corrected chi connectivity index (χ0v) is 17.4. The first kappa shape index (κ1) is 21.1. The second-order valence-electron chi connectivity index (χ2n) is 5.70. The number of benzene rings is 2. The number of rotatable bonds is 10. The molecule has 1 unspecified atom stereocenters. The molecule has 0 spiro atoms. The third-order valence-corrected chi connectivity index (χ3v) is 4.98. The molecule has 3 rings (SSSR count). The fourth-order valence-electron chi connectivity index (χ4n) is 2.63. The molecule has 0 fully saturated rings. The molecule has 3 aromatic rings. The average Bonchev–Trinajstić information content (AvgIpc) is 3.27. The molecule has 9 nitrogen and oxygen atoms in total. The van der Waals surface area contributed by atoms with E-state index in [0.29, 0.717) is 46.9 Å². The number of hydrogen-bond acceptors (Lipinski definition) is 9. The summed E-state index contributed by atoms with van der Waals surface area (Å²) in [7, 11) is 0. The Labute approximate surface area is 179 Å². The summed E-state index contributed by atoms with van der Waals surface area (Å²) in [5.41, 5.74) is 1.65. The van der Waals surface area contributed by atoms with Crippen LogP contribution < -0.4 is 14.8 Å². The van der Waals surface area contributed by atoms with Crippen LogP contribution in [-0.2, 0) is 9.32 Å². The summed E-state index contributed by atoms with van der Waals surface area (Å²) >= 11 is 4.00. The van der Waals surface area contributed by atoms with Crippen molar-refractivity contribution >= 4 is 28.3 Å². The third-order valence-electron chi connectivity index (χ3n) is 3.98. The summed E-state index contributed by atoms with van der Waals surface area (Å²) in [5, 5.41) is 16.8. The van der Waals surface area contributed by atoms with Gasteiger partial charge in [-0.15, -0.1) is 19.5 Å². The Hall–Kier alpha value is -2.62. The molecule has 11 heteroatoms. The number of ether oxygens (including phenoxy) is 1. The smallest absolute Gasteiger partial charge is 0.260 e. The number of nitrogens with two attached hydrogens (primary N) is 1. The van der Waals surface area contributed by atoms with Gasteiger partial charge in [0.15, 0.2) is 5.75 Å². The molecule has 2 N–H and O–H groups in total. The van der Waals surface area contributed by atoms with Crippen LogP contribution in [-0.4, -0.2) is 21.4 Å². The molecule has 0 aliphatic carbocycles. The molecule has 0 saturated heterocycles. The van der Waals surface area contributed by atoms with Gasteiger partial charge < -0.3 is 13.5 Å². The van der Waals surface area contributed by atoms with Gasteiger partial charge in [0.05, 0.1) is 28.8 Å². The average molecular weight is 478 g/mol. The quantitative estimate of drug-likeness (QED) is 0.201. The number of halogens is 1. The van der Waals surface area contributed by atoms with Crippen molar-refractivity contribution in [2.24, 2.45) is 5.90 Å². The van der Waals surface area contributed by atoms with Crippen LogP contribution in [0.15, 0.2) is 59.6 Å². The Kier molecular flexibility index (Phi) is 7.85. The Morgan fingerprint density at radius 1 is 1.17 bits per heavy atom. The molecule has 0 aliphatic heterocycles. The zero-order valence-electron chi connectivity index (χ0n) is 15.0. The molecule has 0 bridgehead atoms. The summed E-state index contributed by atoms with van der Waals surface area (Å²) in [6.07, 6.45) is 4.00. The van der Waals surface area contributed by atoms with E-state index in [-0.39, 0.29) is 6.04 Å². The van der Waals surface area contributed by atoms with E-state index < -0.39 is 0 Å². The SMILES string of the molecule is N#Cc1ccc(C(CCOc2ccc(OSOON)c(Br)c2)n2cnnc2)cc1. The third kappa shape index (κ3) is 5.93. The number of hydrogen-bond donors (Lipinski definition) is 1. The van der Waals surface area contributed by atoms with Crippen LogP contribution in [0, 0.1) is 11.3 Å². The molecule has 1 heterocycles. The van der Waals surface area contributed by atoms with Crippen molar-refractivity contribution < 1.29 is 18.2 Å². The lowest BCUT2D eigenvalue weighted by Gasteiger charge is -2.19. The zero-order chi connectivity index (χ0) is 20.5. The van der Waals surface area contributed by atoms with Gasteiger partial charge in [-0.3, -0.25) is 0 Å². The van der Waals surface area contributed by atoms with Crippen molar-refractivity contribution in [2.75, 3.05) is 6.61 Å². The van der Waals surface area contributed by atoms with E-state index in [1.165, 1.54) is 0 Å². The molecule has 1 atom stereocenters. The molecular weight excluding hydrogens is 462 g/mol. The second kappa shape index (κ2) is 10.8. The molecule has 150 valence electrons. The van der Waals surface area contributed by atoms with Gasteiger partial charge in [0.1, 0.15) is 18.4 Å². The Morgan fingerprint density at radius 3 is 2.59 bits per heavy atom. The molecule has 2 aromatic carbocycles. The molecule has 29 heavy (non-hydrogen) atoms. The summed E-state index contributed by atoms with van der Waals surface area (Å²) in [4.78, 5) is 3.95.